The van der Waals surface area contributed by atoms with Crippen LogP contribution in [0.4, 0.5) is 0 Å². The van der Waals surface area contributed by atoms with Crippen LogP contribution < -0.4 is 5.32 Å². The molecular weight excluding hydrogens is 214 g/mol. The van der Waals surface area contributed by atoms with E-state index < -0.39 is 0 Å². The van der Waals surface area contributed by atoms with Crippen molar-refractivity contribution in [2.24, 2.45) is 0 Å². The van der Waals surface area contributed by atoms with Gasteiger partial charge in [0.05, 0.1) is 12.5 Å². The maximum atomic E-state index is 12.0. The Hall–Kier alpha value is -1.08. The van der Waals surface area contributed by atoms with Crippen LogP contribution in [0, 0.1) is 11.3 Å². The van der Waals surface area contributed by atoms with Crippen molar-refractivity contribution >= 4 is 5.91 Å². The van der Waals surface area contributed by atoms with Gasteiger partial charge in [-0.3, -0.25) is 10.1 Å². The van der Waals surface area contributed by atoms with Crippen LogP contribution in [0.3, 0.4) is 0 Å². The van der Waals surface area contributed by atoms with Crippen molar-refractivity contribution in [3.8, 4) is 6.07 Å². The monoisotopic (exact) mass is 237 g/mol. The van der Waals surface area contributed by atoms with E-state index in [9.17, 15) is 4.79 Å². The van der Waals surface area contributed by atoms with Crippen molar-refractivity contribution in [3.63, 3.8) is 0 Å². The van der Waals surface area contributed by atoms with Gasteiger partial charge in [0, 0.05) is 19.1 Å². The minimum Gasteiger partial charge on any atom is -0.343 e. The molecule has 1 N–H and O–H groups in total. The van der Waals surface area contributed by atoms with E-state index in [-0.39, 0.29) is 18.0 Å². The topological polar surface area (TPSA) is 56.1 Å². The first kappa shape index (κ1) is 14.0. The number of hydrogen-bond donors (Lipinski definition) is 1. The fourth-order valence-corrected chi connectivity index (χ4v) is 2.05. The highest BCUT2D eigenvalue weighted by Crippen LogP contribution is 2.11. The number of nitriles is 1. The molecule has 0 aliphatic carbocycles. The van der Waals surface area contributed by atoms with Crippen molar-refractivity contribution in [1.29, 1.82) is 5.26 Å². The average molecular weight is 237 g/mol. The van der Waals surface area contributed by atoms with Gasteiger partial charge in [-0.15, -0.1) is 0 Å². The number of likely N-dealkylation sites (tertiary alicyclic amines) is 1. The number of nitrogens with one attached hydrogen (secondary N) is 1. The molecule has 4 heteroatoms. The Kier molecular flexibility index (Phi) is 5.99. The lowest BCUT2D eigenvalue weighted by molar-refractivity contribution is -0.132. The van der Waals surface area contributed by atoms with Gasteiger partial charge in [0.25, 0.3) is 0 Å². The molecule has 0 radical (unpaired) electrons. The van der Waals surface area contributed by atoms with Gasteiger partial charge in [-0.1, -0.05) is 6.92 Å². The normalized spacial score (nSPS) is 19.5. The molecule has 0 bridgehead atoms. The van der Waals surface area contributed by atoms with Crippen molar-refractivity contribution in [2.45, 2.75) is 58.0 Å². The third kappa shape index (κ3) is 4.74. The molecule has 4 nitrogen and oxygen atoms in total. The van der Waals surface area contributed by atoms with Crippen molar-refractivity contribution < 1.29 is 4.79 Å². The van der Waals surface area contributed by atoms with Crippen molar-refractivity contribution in [3.05, 3.63) is 0 Å². The number of amides is 1. The second-order valence-corrected chi connectivity index (χ2v) is 4.80. The summed E-state index contributed by atoms with van der Waals surface area (Å²) in [6, 6.07) is 2.12. The SMILES string of the molecule is CCC(C)NC(C#N)CC(=O)N1CCCCC1. The molecule has 0 spiro atoms. The zero-order chi connectivity index (χ0) is 12.7. The van der Waals surface area contributed by atoms with Gasteiger partial charge in [-0.2, -0.15) is 5.26 Å². The predicted molar refractivity (Wildman–Crippen MR) is 67.3 cm³/mol. The van der Waals surface area contributed by atoms with E-state index in [1.807, 2.05) is 11.8 Å². The van der Waals surface area contributed by atoms with Crippen LogP contribution >= 0.6 is 0 Å². The predicted octanol–water partition coefficient (Wildman–Crippen LogP) is 1.67. The van der Waals surface area contributed by atoms with Gasteiger partial charge in [0.15, 0.2) is 0 Å². The molecule has 1 aliphatic rings. The third-order valence-electron chi connectivity index (χ3n) is 3.34. The fraction of sp³-hybridized carbons (Fsp3) is 0.846. The van der Waals surface area contributed by atoms with Crippen molar-refractivity contribution in [1.82, 2.24) is 10.2 Å². The first-order valence-corrected chi connectivity index (χ1v) is 6.60. The Morgan fingerprint density at radius 3 is 2.59 bits per heavy atom. The Balaban J connectivity index is 2.39. The van der Waals surface area contributed by atoms with Gasteiger partial charge in [0.1, 0.15) is 6.04 Å². The summed E-state index contributed by atoms with van der Waals surface area (Å²) in [6.07, 6.45) is 4.69. The Morgan fingerprint density at radius 1 is 1.41 bits per heavy atom. The van der Waals surface area contributed by atoms with E-state index in [2.05, 4.69) is 18.3 Å². The highest BCUT2D eigenvalue weighted by atomic mass is 16.2. The highest BCUT2D eigenvalue weighted by Gasteiger charge is 2.21. The number of hydrogen-bond acceptors (Lipinski definition) is 3. The van der Waals surface area contributed by atoms with Gasteiger partial charge >= 0.3 is 0 Å². The van der Waals surface area contributed by atoms with Gasteiger partial charge < -0.3 is 4.90 Å². The van der Waals surface area contributed by atoms with Crippen LogP contribution in [-0.2, 0) is 4.79 Å². The Morgan fingerprint density at radius 2 is 2.06 bits per heavy atom. The van der Waals surface area contributed by atoms with E-state index in [0.29, 0.717) is 6.42 Å². The second-order valence-electron chi connectivity index (χ2n) is 4.80. The van der Waals surface area contributed by atoms with Gasteiger partial charge in [-0.25, -0.2) is 0 Å². The quantitative estimate of drug-likeness (QED) is 0.791. The van der Waals surface area contributed by atoms with Gasteiger partial charge in [-0.05, 0) is 32.6 Å². The number of carbonyl (C=O) groups excluding carboxylic acids is 1. The zero-order valence-electron chi connectivity index (χ0n) is 10.9. The van der Waals surface area contributed by atoms with Crippen LogP contribution in [0.1, 0.15) is 46.0 Å². The lowest BCUT2D eigenvalue weighted by atomic mass is 10.1. The number of carbonyl (C=O) groups is 1. The first-order valence-electron chi connectivity index (χ1n) is 6.60. The molecule has 2 unspecified atom stereocenters. The summed E-state index contributed by atoms with van der Waals surface area (Å²) in [6.45, 7) is 5.83. The summed E-state index contributed by atoms with van der Waals surface area (Å²) in [5.41, 5.74) is 0. The number of nitrogens with zero attached hydrogens (tertiary/aromatic N) is 2. The standard InChI is InChI=1S/C13H23N3O/c1-3-11(2)15-12(10-14)9-13(17)16-7-5-4-6-8-16/h11-12,15H,3-9H2,1-2H3. The van der Waals surface area contributed by atoms with Crippen LogP contribution in [0.5, 0.6) is 0 Å². The number of piperidine rings is 1. The summed E-state index contributed by atoms with van der Waals surface area (Å²) in [7, 11) is 0. The second kappa shape index (κ2) is 7.29. The maximum Gasteiger partial charge on any atom is 0.225 e. The molecule has 1 aliphatic heterocycles. The highest BCUT2D eigenvalue weighted by molar-refractivity contribution is 5.77. The Labute approximate surface area is 104 Å². The largest absolute Gasteiger partial charge is 0.343 e. The number of rotatable bonds is 5. The van der Waals surface area contributed by atoms with E-state index in [0.717, 1.165) is 32.4 Å². The van der Waals surface area contributed by atoms with E-state index >= 15 is 0 Å². The van der Waals surface area contributed by atoms with Crippen LogP contribution in [0.2, 0.25) is 0 Å². The van der Waals surface area contributed by atoms with Crippen LogP contribution in [0.15, 0.2) is 0 Å². The van der Waals surface area contributed by atoms with Crippen LogP contribution in [-0.4, -0.2) is 36.0 Å². The summed E-state index contributed by atoms with van der Waals surface area (Å²) < 4.78 is 0. The summed E-state index contributed by atoms with van der Waals surface area (Å²) in [5, 5.41) is 12.2. The molecule has 17 heavy (non-hydrogen) atoms. The molecule has 0 aromatic carbocycles. The van der Waals surface area contributed by atoms with Gasteiger partial charge in [0.2, 0.25) is 5.91 Å². The Bertz CT molecular complexity index is 279. The summed E-state index contributed by atoms with van der Waals surface area (Å²) in [5.74, 6) is 0.118. The summed E-state index contributed by atoms with van der Waals surface area (Å²) in [4.78, 5) is 13.9. The van der Waals surface area contributed by atoms with E-state index in [1.54, 1.807) is 0 Å². The molecule has 1 amide bonds. The molecular formula is C13H23N3O. The van der Waals surface area contributed by atoms with Crippen LogP contribution in [0.25, 0.3) is 0 Å². The average Bonchev–Trinajstić information content (AvgIpc) is 2.38. The lowest BCUT2D eigenvalue weighted by Crippen LogP contribution is -2.42. The molecule has 2 atom stereocenters. The van der Waals surface area contributed by atoms with E-state index in [1.165, 1.54) is 6.42 Å². The fourth-order valence-electron chi connectivity index (χ4n) is 2.05. The third-order valence-corrected chi connectivity index (χ3v) is 3.34. The van der Waals surface area contributed by atoms with Crippen molar-refractivity contribution in [2.75, 3.05) is 13.1 Å². The molecule has 0 aromatic heterocycles. The maximum absolute atomic E-state index is 12.0. The molecule has 0 saturated carbocycles. The molecule has 1 heterocycles. The molecule has 96 valence electrons. The van der Waals surface area contributed by atoms with E-state index in [4.69, 9.17) is 5.26 Å². The minimum absolute atomic E-state index is 0.118. The molecule has 1 rings (SSSR count). The summed E-state index contributed by atoms with van der Waals surface area (Å²) >= 11 is 0. The minimum atomic E-state index is -0.348. The molecule has 1 fully saturated rings. The smallest absolute Gasteiger partial charge is 0.225 e. The first-order chi connectivity index (χ1) is 8.17. The zero-order valence-corrected chi connectivity index (χ0v) is 10.9. The molecule has 0 aromatic rings. The molecule has 1 saturated heterocycles. The lowest BCUT2D eigenvalue weighted by Gasteiger charge is -2.28.